The van der Waals surface area contributed by atoms with Gasteiger partial charge in [0.15, 0.2) is 5.82 Å². The van der Waals surface area contributed by atoms with E-state index in [-0.39, 0.29) is 0 Å². The number of anilines is 2. The van der Waals surface area contributed by atoms with Gasteiger partial charge in [0.1, 0.15) is 0 Å². The fourth-order valence-corrected chi connectivity index (χ4v) is 2.52. The summed E-state index contributed by atoms with van der Waals surface area (Å²) in [7, 11) is 2.04. The molecule has 0 amide bonds. The summed E-state index contributed by atoms with van der Waals surface area (Å²) >= 11 is 3.37. The lowest BCUT2D eigenvalue weighted by atomic mass is 10.00. The first kappa shape index (κ1) is 12.6. The Morgan fingerprint density at radius 3 is 2.88 bits per heavy atom. The van der Waals surface area contributed by atoms with Crippen molar-refractivity contribution in [1.29, 1.82) is 0 Å². The van der Waals surface area contributed by atoms with Crippen LogP contribution in [0.5, 0.6) is 0 Å². The Hall–Kier alpha value is -0.810. The summed E-state index contributed by atoms with van der Waals surface area (Å²) in [4.78, 5) is 6.50. The fourth-order valence-electron chi connectivity index (χ4n) is 2.17. The van der Waals surface area contributed by atoms with Crippen molar-refractivity contribution in [1.82, 2.24) is 4.98 Å². The number of hydrogen-bond acceptors (Lipinski definition) is 4. The van der Waals surface area contributed by atoms with Gasteiger partial charge in [0.25, 0.3) is 0 Å². The lowest BCUT2D eigenvalue weighted by Gasteiger charge is -2.28. The zero-order valence-electron chi connectivity index (χ0n) is 10.0. The number of hydrogen-bond donors (Lipinski definition) is 1. The Balaban J connectivity index is 2.00. The first-order valence-electron chi connectivity index (χ1n) is 5.86. The number of nitrogen functional groups attached to an aromatic ring is 1. The van der Waals surface area contributed by atoms with Crippen LogP contribution in [-0.2, 0) is 4.74 Å². The summed E-state index contributed by atoms with van der Waals surface area (Å²) in [6, 6.07) is 1.89. The van der Waals surface area contributed by atoms with Crippen molar-refractivity contribution >= 4 is 27.4 Å². The molecular formula is C12H18BrN3O. The van der Waals surface area contributed by atoms with Crippen LogP contribution in [0.2, 0.25) is 0 Å². The molecule has 1 aliphatic heterocycles. The highest BCUT2D eigenvalue weighted by Gasteiger charge is 2.17. The minimum Gasteiger partial charge on any atom is -0.396 e. The maximum absolute atomic E-state index is 5.97. The van der Waals surface area contributed by atoms with Crippen molar-refractivity contribution in [3.63, 3.8) is 0 Å². The summed E-state index contributed by atoms with van der Waals surface area (Å²) in [6.45, 7) is 2.74. The van der Waals surface area contributed by atoms with E-state index in [9.17, 15) is 0 Å². The molecule has 0 aromatic carbocycles. The molecule has 0 unspecified atom stereocenters. The summed E-state index contributed by atoms with van der Waals surface area (Å²) < 4.78 is 6.28. The van der Waals surface area contributed by atoms with Crippen LogP contribution in [0.4, 0.5) is 11.5 Å². The molecule has 2 heterocycles. The average molecular weight is 300 g/mol. The van der Waals surface area contributed by atoms with E-state index in [1.165, 1.54) is 0 Å². The molecule has 17 heavy (non-hydrogen) atoms. The second kappa shape index (κ2) is 5.69. The fraction of sp³-hybridized carbons (Fsp3) is 0.583. The van der Waals surface area contributed by atoms with E-state index in [1.807, 2.05) is 13.1 Å². The van der Waals surface area contributed by atoms with Crippen LogP contribution in [0, 0.1) is 5.92 Å². The molecule has 0 aliphatic carbocycles. The maximum atomic E-state index is 5.97. The van der Waals surface area contributed by atoms with Crippen LogP contribution in [-0.4, -0.2) is 31.8 Å². The SMILES string of the molecule is CN(CC1CCOCC1)c1ncc(Br)cc1N. The molecule has 0 saturated carbocycles. The molecule has 1 fully saturated rings. The topological polar surface area (TPSA) is 51.4 Å². The van der Waals surface area contributed by atoms with Crippen molar-refractivity contribution in [2.45, 2.75) is 12.8 Å². The molecule has 5 heteroatoms. The van der Waals surface area contributed by atoms with Crippen molar-refractivity contribution in [2.24, 2.45) is 5.92 Å². The first-order valence-corrected chi connectivity index (χ1v) is 6.66. The molecule has 1 aliphatic rings. The van der Waals surface area contributed by atoms with Gasteiger partial charge in [-0.1, -0.05) is 0 Å². The number of ether oxygens (including phenoxy) is 1. The number of pyridine rings is 1. The van der Waals surface area contributed by atoms with Crippen LogP contribution >= 0.6 is 15.9 Å². The van der Waals surface area contributed by atoms with Crippen LogP contribution in [0.15, 0.2) is 16.7 Å². The predicted octanol–water partition coefficient (Wildman–Crippen LogP) is 2.29. The molecule has 0 spiro atoms. The molecule has 94 valence electrons. The van der Waals surface area contributed by atoms with Crippen molar-refractivity contribution in [3.8, 4) is 0 Å². The third kappa shape index (κ3) is 3.33. The minimum absolute atomic E-state index is 0.679. The molecule has 0 bridgehead atoms. The lowest BCUT2D eigenvalue weighted by molar-refractivity contribution is 0.0685. The second-order valence-corrected chi connectivity index (χ2v) is 5.42. The predicted molar refractivity (Wildman–Crippen MR) is 73.2 cm³/mol. The lowest BCUT2D eigenvalue weighted by Crippen LogP contribution is -2.30. The number of nitrogens with zero attached hydrogens (tertiary/aromatic N) is 2. The van der Waals surface area contributed by atoms with E-state index < -0.39 is 0 Å². The van der Waals surface area contributed by atoms with E-state index in [0.717, 1.165) is 42.9 Å². The molecular weight excluding hydrogens is 282 g/mol. The summed E-state index contributed by atoms with van der Waals surface area (Å²) in [5, 5.41) is 0. The highest BCUT2D eigenvalue weighted by atomic mass is 79.9. The van der Waals surface area contributed by atoms with Crippen molar-refractivity contribution < 1.29 is 4.74 Å². The largest absolute Gasteiger partial charge is 0.396 e. The van der Waals surface area contributed by atoms with E-state index in [1.54, 1.807) is 6.20 Å². The molecule has 2 N–H and O–H groups in total. The third-order valence-electron chi connectivity index (χ3n) is 3.10. The van der Waals surface area contributed by atoms with E-state index >= 15 is 0 Å². The van der Waals surface area contributed by atoms with Crippen LogP contribution < -0.4 is 10.6 Å². The van der Waals surface area contributed by atoms with Crippen LogP contribution in [0.1, 0.15) is 12.8 Å². The maximum Gasteiger partial charge on any atom is 0.151 e. The zero-order valence-corrected chi connectivity index (χ0v) is 11.6. The van der Waals surface area contributed by atoms with Crippen LogP contribution in [0.3, 0.4) is 0 Å². The zero-order chi connectivity index (χ0) is 12.3. The Bertz CT molecular complexity index is 380. The molecule has 0 atom stereocenters. The highest BCUT2D eigenvalue weighted by molar-refractivity contribution is 9.10. The van der Waals surface area contributed by atoms with Gasteiger partial charge >= 0.3 is 0 Å². The molecule has 2 rings (SSSR count). The van der Waals surface area contributed by atoms with Crippen molar-refractivity contribution in [3.05, 3.63) is 16.7 Å². The van der Waals surface area contributed by atoms with E-state index in [4.69, 9.17) is 10.5 Å². The van der Waals surface area contributed by atoms with Gasteiger partial charge in [-0.05, 0) is 40.8 Å². The number of halogens is 1. The number of nitrogens with two attached hydrogens (primary N) is 1. The molecule has 1 saturated heterocycles. The number of aromatic nitrogens is 1. The first-order chi connectivity index (χ1) is 8.16. The van der Waals surface area contributed by atoms with E-state index in [0.29, 0.717) is 11.6 Å². The van der Waals surface area contributed by atoms with Gasteiger partial charge in [-0.2, -0.15) is 0 Å². The monoisotopic (exact) mass is 299 g/mol. The summed E-state index contributed by atoms with van der Waals surface area (Å²) in [5.41, 5.74) is 6.69. The minimum atomic E-state index is 0.679. The Labute approximate surface area is 110 Å². The normalized spacial score (nSPS) is 17.1. The van der Waals surface area contributed by atoms with Gasteiger partial charge in [0.2, 0.25) is 0 Å². The third-order valence-corrected chi connectivity index (χ3v) is 3.53. The van der Waals surface area contributed by atoms with Crippen molar-refractivity contribution in [2.75, 3.05) is 37.4 Å². The molecule has 1 aromatic rings. The smallest absolute Gasteiger partial charge is 0.151 e. The standard InChI is InChI=1S/C12H18BrN3O/c1-16(8-9-2-4-17-5-3-9)12-11(14)6-10(13)7-15-12/h6-7,9H,2-5,8,14H2,1H3. The quantitative estimate of drug-likeness (QED) is 0.930. The highest BCUT2D eigenvalue weighted by Crippen LogP contribution is 2.25. The summed E-state index contributed by atoms with van der Waals surface area (Å²) in [5.74, 6) is 1.54. The van der Waals surface area contributed by atoms with Gasteiger partial charge in [0, 0.05) is 37.5 Å². The second-order valence-electron chi connectivity index (χ2n) is 4.50. The van der Waals surface area contributed by atoms with Gasteiger partial charge in [-0.25, -0.2) is 4.98 Å². The Morgan fingerprint density at radius 2 is 2.24 bits per heavy atom. The van der Waals surface area contributed by atoms with Gasteiger partial charge in [-0.3, -0.25) is 0 Å². The average Bonchev–Trinajstić information content (AvgIpc) is 2.30. The van der Waals surface area contributed by atoms with Gasteiger partial charge in [-0.15, -0.1) is 0 Å². The molecule has 0 radical (unpaired) electrons. The summed E-state index contributed by atoms with van der Waals surface area (Å²) in [6.07, 6.45) is 4.04. The Kier molecular flexibility index (Phi) is 4.23. The number of rotatable bonds is 3. The van der Waals surface area contributed by atoms with E-state index in [2.05, 4.69) is 25.8 Å². The van der Waals surface area contributed by atoms with Gasteiger partial charge < -0.3 is 15.4 Å². The molecule has 1 aromatic heterocycles. The Morgan fingerprint density at radius 1 is 1.53 bits per heavy atom. The van der Waals surface area contributed by atoms with Crippen LogP contribution in [0.25, 0.3) is 0 Å². The van der Waals surface area contributed by atoms with Gasteiger partial charge in [0.05, 0.1) is 5.69 Å². The molecule has 4 nitrogen and oxygen atoms in total.